The standard InChI is InChI=1S/C53H39NOS/c1-32-11-9-12-33(2)52(32)34-19-22-37(23-20-34)54(38-14-10-13-35(27-38)36-21-25-42-41-16-6-8-18-48(41)55-49(42)28-36)39-24-26-50-44(29-39)45-30-47-43(31-51(45)56-50)40-15-5-7-17-46(40)53(47,3)4/h5-31H,1-4H3. The first-order valence-corrected chi connectivity index (χ1v) is 20.2. The molecule has 1 aliphatic carbocycles. The normalized spacial score (nSPS) is 13.1. The molecule has 8 aromatic carbocycles. The molecule has 0 spiro atoms. The Morgan fingerprint density at radius 2 is 1.12 bits per heavy atom. The van der Waals surface area contributed by atoms with Crippen molar-refractivity contribution in [1.82, 2.24) is 0 Å². The number of thiophene rings is 1. The average Bonchev–Trinajstić information content (AvgIpc) is 3.84. The van der Waals surface area contributed by atoms with Crippen LogP contribution in [0.4, 0.5) is 17.1 Å². The molecule has 11 rings (SSSR count). The topological polar surface area (TPSA) is 16.4 Å². The zero-order valence-electron chi connectivity index (χ0n) is 31.9. The Labute approximate surface area is 330 Å². The van der Waals surface area contributed by atoms with Gasteiger partial charge in [0.15, 0.2) is 0 Å². The molecule has 56 heavy (non-hydrogen) atoms. The minimum absolute atomic E-state index is 0.0545. The summed E-state index contributed by atoms with van der Waals surface area (Å²) in [5, 5.41) is 4.90. The third-order valence-electron chi connectivity index (χ3n) is 12.1. The highest BCUT2D eigenvalue weighted by Crippen LogP contribution is 2.52. The molecule has 0 N–H and O–H groups in total. The molecule has 2 heterocycles. The highest BCUT2D eigenvalue weighted by Gasteiger charge is 2.35. The highest BCUT2D eigenvalue weighted by molar-refractivity contribution is 7.25. The molecule has 0 fully saturated rings. The van der Waals surface area contributed by atoms with E-state index in [0.29, 0.717) is 0 Å². The van der Waals surface area contributed by atoms with E-state index in [1.165, 1.54) is 64.7 Å². The second kappa shape index (κ2) is 12.3. The van der Waals surface area contributed by atoms with Crippen molar-refractivity contribution in [2.24, 2.45) is 0 Å². The van der Waals surface area contributed by atoms with Gasteiger partial charge in [-0.3, -0.25) is 0 Å². The molecular formula is C53H39NOS. The van der Waals surface area contributed by atoms with E-state index in [2.05, 4.69) is 184 Å². The van der Waals surface area contributed by atoms with Gasteiger partial charge >= 0.3 is 0 Å². The van der Waals surface area contributed by atoms with Crippen molar-refractivity contribution < 1.29 is 4.42 Å². The molecule has 0 saturated carbocycles. The maximum absolute atomic E-state index is 6.31. The Balaban J connectivity index is 1.07. The lowest BCUT2D eigenvalue weighted by Crippen LogP contribution is -2.14. The summed E-state index contributed by atoms with van der Waals surface area (Å²) in [6, 6.07) is 60.3. The Bertz CT molecular complexity index is 3180. The van der Waals surface area contributed by atoms with Crippen molar-refractivity contribution in [2.45, 2.75) is 33.1 Å². The SMILES string of the molecule is Cc1cccc(C)c1-c1ccc(N(c2cccc(-c3ccc4c(c3)oc3ccccc34)c2)c2ccc3sc4cc5c(cc4c3c2)C(C)(C)c2ccccc2-5)cc1. The van der Waals surface area contributed by atoms with Crippen molar-refractivity contribution in [2.75, 3.05) is 4.90 Å². The molecular weight excluding hydrogens is 699 g/mol. The quantitative estimate of drug-likeness (QED) is 0.175. The molecule has 0 amide bonds. The number of fused-ring (bicyclic) bond motifs is 9. The van der Waals surface area contributed by atoms with Crippen LogP contribution in [0, 0.1) is 13.8 Å². The van der Waals surface area contributed by atoms with Crippen LogP contribution in [-0.4, -0.2) is 0 Å². The van der Waals surface area contributed by atoms with Gasteiger partial charge in [-0.15, -0.1) is 11.3 Å². The van der Waals surface area contributed by atoms with E-state index in [4.69, 9.17) is 4.42 Å². The van der Waals surface area contributed by atoms with Crippen LogP contribution in [0.5, 0.6) is 0 Å². The zero-order valence-corrected chi connectivity index (χ0v) is 32.7. The van der Waals surface area contributed by atoms with Gasteiger partial charge in [0.1, 0.15) is 11.2 Å². The van der Waals surface area contributed by atoms with E-state index >= 15 is 0 Å². The fraction of sp³-hybridized carbons (Fsp3) is 0.0943. The number of hydrogen-bond acceptors (Lipinski definition) is 3. The van der Waals surface area contributed by atoms with Gasteiger partial charge in [-0.2, -0.15) is 0 Å². The molecule has 1 aliphatic rings. The second-order valence-electron chi connectivity index (χ2n) is 15.9. The van der Waals surface area contributed by atoms with Crippen LogP contribution in [0.25, 0.3) is 75.5 Å². The number of benzene rings is 8. The van der Waals surface area contributed by atoms with Crippen LogP contribution in [-0.2, 0) is 5.41 Å². The summed E-state index contributed by atoms with van der Waals surface area (Å²) >= 11 is 1.89. The van der Waals surface area contributed by atoms with Crippen molar-refractivity contribution in [3.05, 3.63) is 186 Å². The third-order valence-corrected chi connectivity index (χ3v) is 13.3. The predicted molar refractivity (Wildman–Crippen MR) is 239 cm³/mol. The molecule has 0 unspecified atom stereocenters. The van der Waals surface area contributed by atoms with E-state index in [1.807, 2.05) is 23.5 Å². The fourth-order valence-electron chi connectivity index (χ4n) is 9.32. The molecule has 0 aliphatic heterocycles. The van der Waals surface area contributed by atoms with Crippen LogP contribution in [0.15, 0.2) is 168 Å². The molecule has 0 radical (unpaired) electrons. The lowest BCUT2D eigenvalue weighted by molar-refractivity contribution is 0.661. The Morgan fingerprint density at radius 1 is 0.446 bits per heavy atom. The largest absolute Gasteiger partial charge is 0.456 e. The minimum Gasteiger partial charge on any atom is -0.456 e. The molecule has 2 aromatic heterocycles. The van der Waals surface area contributed by atoms with E-state index in [9.17, 15) is 0 Å². The van der Waals surface area contributed by atoms with Gasteiger partial charge in [0, 0.05) is 53.4 Å². The summed E-state index contributed by atoms with van der Waals surface area (Å²) in [6.07, 6.45) is 0. The first kappa shape index (κ1) is 33.0. The van der Waals surface area contributed by atoms with Gasteiger partial charge in [-0.25, -0.2) is 0 Å². The number of aryl methyl sites for hydroxylation is 2. The number of rotatable bonds is 5. The van der Waals surface area contributed by atoms with Crippen LogP contribution in [0.1, 0.15) is 36.1 Å². The molecule has 0 atom stereocenters. The molecule has 0 bridgehead atoms. The summed E-state index contributed by atoms with van der Waals surface area (Å²) in [5.41, 5.74) is 18.0. The average molecular weight is 738 g/mol. The number of para-hydroxylation sites is 1. The summed E-state index contributed by atoms with van der Waals surface area (Å²) in [4.78, 5) is 2.41. The summed E-state index contributed by atoms with van der Waals surface area (Å²) in [6.45, 7) is 9.14. The monoisotopic (exact) mass is 737 g/mol. The number of hydrogen-bond donors (Lipinski definition) is 0. The van der Waals surface area contributed by atoms with Crippen LogP contribution in [0.2, 0.25) is 0 Å². The van der Waals surface area contributed by atoms with Crippen molar-refractivity contribution in [3.8, 4) is 33.4 Å². The first-order chi connectivity index (χ1) is 27.3. The minimum atomic E-state index is -0.0545. The van der Waals surface area contributed by atoms with E-state index in [-0.39, 0.29) is 5.41 Å². The van der Waals surface area contributed by atoms with Crippen molar-refractivity contribution >= 4 is 70.5 Å². The van der Waals surface area contributed by atoms with Gasteiger partial charge in [0.05, 0.1) is 0 Å². The van der Waals surface area contributed by atoms with Crippen molar-refractivity contribution in [3.63, 3.8) is 0 Å². The van der Waals surface area contributed by atoms with E-state index in [0.717, 1.165) is 50.1 Å². The number of furan rings is 1. The smallest absolute Gasteiger partial charge is 0.136 e. The Hall–Kier alpha value is -6.42. The van der Waals surface area contributed by atoms with Crippen LogP contribution in [0.3, 0.4) is 0 Å². The number of anilines is 3. The Kier molecular flexibility index (Phi) is 7.24. The molecule has 0 saturated heterocycles. The molecule has 2 nitrogen and oxygen atoms in total. The second-order valence-corrected chi connectivity index (χ2v) is 16.9. The van der Waals surface area contributed by atoms with Gasteiger partial charge in [-0.1, -0.05) is 105 Å². The molecule has 10 aromatic rings. The van der Waals surface area contributed by atoms with E-state index < -0.39 is 0 Å². The zero-order chi connectivity index (χ0) is 37.7. The predicted octanol–water partition coefficient (Wildman–Crippen LogP) is 15.7. The Morgan fingerprint density at radius 3 is 1.98 bits per heavy atom. The summed E-state index contributed by atoms with van der Waals surface area (Å²) < 4.78 is 8.95. The van der Waals surface area contributed by atoms with Gasteiger partial charge in [0.25, 0.3) is 0 Å². The summed E-state index contributed by atoms with van der Waals surface area (Å²) in [7, 11) is 0. The van der Waals surface area contributed by atoms with Crippen molar-refractivity contribution in [1.29, 1.82) is 0 Å². The fourth-order valence-corrected chi connectivity index (χ4v) is 10.4. The van der Waals surface area contributed by atoms with Crippen LogP contribution < -0.4 is 4.90 Å². The van der Waals surface area contributed by atoms with Crippen LogP contribution >= 0.6 is 11.3 Å². The lowest BCUT2D eigenvalue weighted by Gasteiger charge is -2.26. The molecule has 3 heteroatoms. The number of nitrogens with zero attached hydrogens (tertiary/aromatic N) is 1. The van der Waals surface area contributed by atoms with Gasteiger partial charge in [-0.05, 0) is 142 Å². The third kappa shape index (κ3) is 5.01. The van der Waals surface area contributed by atoms with Gasteiger partial charge in [0.2, 0.25) is 0 Å². The van der Waals surface area contributed by atoms with Gasteiger partial charge < -0.3 is 9.32 Å². The maximum atomic E-state index is 6.31. The first-order valence-electron chi connectivity index (χ1n) is 19.4. The maximum Gasteiger partial charge on any atom is 0.136 e. The lowest BCUT2D eigenvalue weighted by atomic mass is 9.82. The summed E-state index contributed by atoms with van der Waals surface area (Å²) in [5.74, 6) is 0. The molecule has 268 valence electrons. The van der Waals surface area contributed by atoms with E-state index in [1.54, 1.807) is 0 Å². The highest BCUT2D eigenvalue weighted by atomic mass is 32.1.